The molecule has 0 aliphatic carbocycles. The van der Waals surface area contributed by atoms with Crippen LogP contribution < -0.4 is 11.3 Å². The van der Waals surface area contributed by atoms with Gasteiger partial charge < -0.3 is 10.8 Å². The van der Waals surface area contributed by atoms with Crippen molar-refractivity contribution in [2.75, 3.05) is 0 Å². The van der Waals surface area contributed by atoms with E-state index in [-0.39, 0.29) is 23.5 Å². The molecule has 4 N–H and O–H groups in total. The summed E-state index contributed by atoms with van der Waals surface area (Å²) in [5.74, 6) is -0.131. The Morgan fingerprint density at radius 2 is 2.00 bits per heavy atom. The number of hydrogen-bond donors (Lipinski definition) is 3. The van der Waals surface area contributed by atoms with Crippen molar-refractivity contribution in [1.82, 2.24) is 9.78 Å². The third kappa shape index (κ3) is 1.53. The van der Waals surface area contributed by atoms with Crippen LogP contribution in [0.25, 0.3) is 5.69 Å². The third-order valence-corrected chi connectivity index (χ3v) is 2.19. The van der Waals surface area contributed by atoms with E-state index >= 15 is 0 Å². The third-order valence-electron chi connectivity index (χ3n) is 2.19. The molecule has 0 bridgehead atoms. The van der Waals surface area contributed by atoms with Crippen molar-refractivity contribution in [2.24, 2.45) is 5.73 Å². The SMILES string of the molecule is NCc1c(O)n(-c2ccccc2)[nH]c1=O. The van der Waals surface area contributed by atoms with Gasteiger partial charge in [-0.2, -0.15) is 0 Å². The van der Waals surface area contributed by atoms with Crippen LogP contribution in [0.2, 0.25) is 0 Å². The second-order valence-corrected chi connectivity index (χ2v) is 3.12. The molecule has 0 fully saturated rings. The molecule has 5 nitrogen and oxygen atoms in total. The number of hydrogen-bond acceptors (Lipinski definition) is 3. The Morgan fingerprint density at radius 1 is 1.33 bits per heavy atom. The van der Waals surface area contributed by atoms with Crippen LogP contribution in [0.5, 0.6) is 5.88 Å². The molecule has 2 rings (SSSR count). The van der Waals surface area contributed by atoms with Crippen molar-refractivity contribution in [1.29, 1.82) is 0 Å². The molecule has 0 spiro atoms. The highest BCUT2D eigenvalue weighted by Gasteiger charge is 2.12. The van der Waals surface area contributed by atoms with E-state index in [2.05, 4.69) is 5.10 Å². The second kappa shape index (κ2) is 3.62. The highest BCUT2D eigenvalue weighted by atomic mass is 16.3. The highest BCUT2D eigenvalue weighted by molar-refractivity contribution is 5.37. The number of aromatic nitrogens is 2. The van der Waals surface area contributed by atoms with E-state index < -0.39 is 0 Å². The fraction of sp³-hybridized carbons (Fsp3) is 0.100. The maximum absolute atomic E-state index is 11.3. The van der Waals surface area contributed by atoms with E-state index in [0.717, 1.165) is 0 Å². The van der Waals surface area contributed by atoms with Gasteiger partial charge in [-0.05, 0) is 12.1 Å². The zero-order chi connectivity index (χ0) is 10.8. The van der Waals surface area contributed by atoms with Crippen LogP contribution in [-0.2, 0) is 6.54 Å². The molecule has 78 valence electrons. The van der Waals surface area contributed by atoms with Crippen molar-refractivity contribution >= 4 is 0 Å². The Labute approximate surface area is 85.8 Å². The molecule has 1 aromatic carbocycles. The topological polar surface area (TPSA) is 84.0 Å². The van der Waals surface area contributed by atoms with Crippen LogP contribution >= 0.6 is 0 Å². The van der Waals surface area contributed by atoms with Crippen LogP contribution in [0.1, 0.15) is 5.56 Å². The highest BCUT2D eigenvalue weighted by Crippen LogP contribution is 2.16. The Bertz CT molecular complexity index is 513. The van der Waals surface area contributed by atoms with Crippen LogP contribution in [0.4, 0.5) is 0 Å². The van der Waals surface area contributed by atoms with Gasteiger partial charge in [0.25, 0.3) is 5.56 Å². The fourth-order valence-corrected chi connectivity index (χ4v) is 1.41. The number of H-pyrrole nitrogens is 1. The summed E-state index contributed by atoms with van der Waals surface area (Å²) >= 11 is 0. The van der Waals surface area contributed by atoms with Gasteiger partial charge in [-0.1, -0.05) is 18.2 Å². The van der Waals surface area contributed by atoms with E-state index in [1.54, 1.807) is 12.1 Å². The van der Waals surface area contributed by atoms with Gasteiger partial charge in [-0.15, -0.1) is 0 Å². The molecule has 1 heterocycles. The Balaban J connectivity index is 2.60. The average Bonchev–Trinajstić information content (AvgIpc) is 2.55. The molecule has 0 radical (unpaired) electrons. The van der Waals surface area contributed by atoms with Gasteiger partial charge in [-0.25, -0.2) is 4.68 Å². The van der Waals surface area contributed by atoms with Gasteiger partial charge in [0.05, 0.1) is 11.3 Å². The summed E-state index contributed by atoms with van der Waals surface area (Å²) in [4.78, 5) is 11.3. The van der Waals surface area contributed by atoms with E-state index in [9.17, 15) is 9.90 Å². The number of aromatic amines is 1. The van der Waals surface area contributed by atoms with Gasteiger partial charge in [0.2, 0.25) is 5.88 Å². The quantitative estimate of drug-likeness (QED) is 0.660. The molecule has 5 heteroatoms. The minimum Gasteiger partial charge on any atom is -0.493 e. The minimum absolute atomic E-state index is 0.0149. The van der Waals surface area contributed by atoms with Crippen molar-refractivity contribution in [3.05, 3.63) is 46.2 Å². The summed E-state index contributed by atoms with van der Waals surface area (Å²) in [6.07, 6.45) is 0. The molecule has 0 aliphatic heterocycles. The van der Waals surface area contributed by atoms with Crippen molar-refractivity contribution in [3.63, 3.8) is 0 Å². The lowest BCUT2D eigenvalue weighted by Crippen LogP contribution is -2.10. The molecule has 0 saturated carbocycles. The Kier molecular flexibility index (Phi) is 2.31. The normalized spacial score (nSPS) is 10.5. The summed E-state index contributed by atoms with van der Waals surface area (Å²) in [6, 6.07) is 9.03. The first kappa shape index (κ1) is 9.54. The van der Waals surface area contributed by atoms with Gasteiger partial charge in [0.15, 0.2) is 0 Å². The second-order valence-electron chi connectivity index (χ2n) is 3.12. The first-order valence-electron chi connectivity index (χ1n) is 4.52. The van der Waals surface area contributed by atoms with E-state index in [1.165, 1.54) is 4.68 Å². The maximum Gasteiger partial charge on any atom is 0.272 e. The summed E-state index contributed by atoms with van der Waals surface area (Å²) in [5.41, 5.74) is 5.87. The van der Waals surface area contributed by atoms with Crippen LogP contribution in [-0.4, -0.2) is 14.9 Å². The number of rotatable bonds is 2. The van der Waals surface area contributed by atoms with Crippen molar-refractivity contribution < 1.29 is 5.11 Å². The molecule has 15 heavy (non-hydrogen) atoms. The van der Waals surface area contributed by atoms with Gasteiger partial charge in [-0.3, -0.25) is 9.89 Å². The Hall–Kier alpha value is -2.01. The lowest BCUT2D eigenvalue weighted by molar-refractivity contribution is 0.428. The van der Waals surface area contributed by atoms with Crippen LogP contribution in [0.15, 0.2) is 35.1 Å². The van der Waals surface area contributed by atoms with Crippen LogP contribution in [0, 0.1) is 0 Å². The smallest absolute Gasteiger partial charge is 0.272 e. The molecule has 1 aromatic heterocycles. The zero-order valence-electron chi connectivity index (χ0n) is 7.97. The lowest BCUT2D eigenvalue weighted by atomic mass is 10.3. The molecule has 0 saturated heterocycles. The Morgan fingerprint density at radius 3 is 2.53 bits per heavy atom. The van der Waals surface area contributed by atoms with Crippen molar-refractivity contribution in [3.8, 4) is 11.6 Å². The molecule has 0 amide bonds. The monoisotopic (exact) mass is 205 g/mol. The van der Waals surface area contributed by atoms with Crippen LogP contribution in [0.3, 0.4) is 0 Å². The largest absolute Gasteiger partial charge is 0.493 e. The number of nitrogens with zero attached hydrogens (tertiary/aromatic N) is 1. The number of nitrogens with two attached hydrogens (primary N) is 1. The zero-order valence-corrected chi connectivity index (χ0v) is 7.97. The molecule has 0 unspecified atom stereocenters. The van der Waals surface area contributed by atoms with Gasteiger partial charge in [0.1, 0.15) is 0 Å². The van der Waals surface area contributed by atoms with E-state index in [4.69, 9.17) is 5.73 Å². The first-order valence-corrected chi connectivity index (χ1v) is 4.52. The average molecular weight is 205 g/mol. The fourth-order valence-electron chi connectivity index (χ4n) is 1.41. The molecule has 0 aliphatic rings. The molecular formula is C10H11N3O2. The minimum atomic E-state index is -0.362. The molecule has 0 atom stereocenters. The van der Waals surface area contributed by atoms with Crippen molar-refractivity contribution in [2.45, 2.75) is 6.54 Å². The standard InChI is InChI=1S/C10H11N3O2/c11-6-8-9(14)12-13(10(8)15)7-4-2-1-3-5-7/h1-5,15H,6,11H2,(H,12,14). The number of para-hydroxylation sites is 1. The van der Waals surface area contributed by atoms with Gasteiger partial charge in [0, 0.05) is 6.54 Å². The number of aromatic hydroxyl groups is 1. The number of nitrogens with one attached hydrogen (secondary N) is 1. The van der Waals surface area contributed by atoms with Gasteiger partial charge >= 0.3 is 0 Å². The number of benzene rings is 1. The summed E-state index contributed by atoms with van der Waals surface area (Å²) in [6.45, 7) is 0.0149. The van der Waals surface area contributed by atoms with E-state index in [1.807, 2.05) is 18.2 Å². The predicted octanol–water partition coefficient (Wildman–Crippen LogP) is 0.330. The first-order chi connectivity index (χ1) is 7.24. The summed E-state index contributed by atoms with van der Waals surface area (Å²) < 4.78 is 1.31. The maximum atomic E-state index is 11.3. The lowest BCUT2D eigenvalue weighted by Gasteiger charge is -2.03. The summed E-state index contributed by atoms with van der Waals surface area (Å²) in [5, 5.41) is 12.2. The predicted molar refractivity (Wildman–Crippen MR) is 55.9 cm³/mol. The molecule has 2 aromatic rings. The summed E-state index contributed by atoms with van der Waals surface area (Å²) in [7, 11) is 0. The van der Waals surface area contributed by atoms with E-state index in [0.29, 0.717) is 5.69 Å². The molecular weight excluding hydrogens is 194 g/mol.